The van der Waals surface area contributed by atoms with Gasteiger partial charge >= 0.3 is 0 Å². The van der Waals surface area contributed by atoms with Crippen LogP contribution in [0.5, 0.6) is 5.75 Å². The number of ether oxygens (including phenoxy) is 1. The van der Waals surface area contributed by atoms with E-state index in [-0.39, 0.29) is 0 Å². The summed E-state index contributed by atoms with van der Waals surface area (Å²) in [5.41, 5.74) is 4.83. The summed E-state index contributed by atoms with van der Waals surface area (Å²) in [4.78, 5) is 0. The molecule has 1 N–H and O–H groups in total. The number of hydrogen-bond acceptors (Lipinski definition) is 2. The number of benzene rings is 2. The van der Waals surface area contributed by atoms with Gasteiger partial charge in [-0.1, -0.05) is 43.0 Å². The van der Waals surface area contributed by atoms with Gasteiger partial charge in [-0.3, -0.25) is 0 Å². The fourth-order valence-electron chi connectivity index (χ4n) is 2.06. The lowest BCUT2D eigenvalue weighted by molar-refractivity contribution is 0.359. The predicted octanol–water partition coefficient (Wildman–Crippen LogP) is 4.48. The number of aryl methyl sites for hydroxylation is 2. The van der Waals surface area contributed by atoms with E-state index in [1.165, 1.54) is 16.8 Å². The second kappa shape index (κ2) is 6.80. The fraction of sp³-hybridized carbons (Fsp3) is 0.222. The second-order valence-corrected chi connectivity index (χ2v) is 4.88. The third kappa shape index (κ3) is 3.64. The maximum atomic E-state index is 5.67. The average Bonchev–Trinajstić information content (AvgIpc) is 2.47. The number of nitrogens with one attached hydrogen (secondary N) is 1. The van der Waals surface area contributed by atoms with Crippen molar-refractivity contribution >= 4 is 5.69 Å². The zero-order chi connectivity index (χ0) is 14.4. The van der Waals surface area contributed by atoms with Crippen molar-refractivity contribution < 1.29 is 4.74 Å². The van der Waals surface area contributed by atoms with E-state index >= 15 is 0 Å². The molecule has 0 spiro atoms. The van der Waals surface area contributed by atoms with Gasteiger partial charge in [-0.25, -0.2) is 0 Å². The van der Waals surface area contributed by atoms with Crippen LogP contribution in [0, 0.1) is 13.8 Å². The molecule has 20 heavy (non-hydrogen) atoms. The molecule has 2 aromatic rings. The average molecular weight is 267 g/mol. The van der Waals surface area contributed by atoms with E-state index in [0.717, 1.165) is 17.9 Å². The Bertz CT molecular complexity index is 590. The van der Waals surface area contributed by atoms with Crippen molar-refractivity contribution in [3.63, 3.8) is 0 Å². The minimum atomic E-state index is 0.528. The predicted molar refractivity (Wildman–Crippen MR) is 85.4 cm³/mol. The van der Waals surface area contributed by atoms with E-state index < -0.39 is 0 Å². The van der Waals surface area contributed by atoms with E-state index in [4.69, 9.17) is 4.74 Å². The molecule has 0 aromatic heterocycles. The largest absolute Gasteiger partial charge is 0.489 e. The highest BCUT2D eigenvalue weighted by molar-refractivity contribution is 5.53. The normalized spacial score (nSPS) is 10.1. The lowest BCUT2D eigenvalue weighted by atomic mass is 10.1. The van der Waals surface area contributed by atoms with Gasteiger partial charge in [0.05, 0.1) is 0 Å². The summed E-state index contributed by atoms with van der Waals surface area (Å²) < 4.78 is 5.67. The van der Waals surface area contributed by atoms with Crippen LogP contribution < -0.4 is 10.1 Å². The molecule has 2 rings (SSSR count). The van der Waals surface area contributed by atoms with Gasteiger partial charge < -0.3 is 10.1 Å². The maximum Gasteiger partial charge on any atom is 0.124 e. The van der Waals surface area contributed by atoms with Gasteiger partial charge in [0.15, 0.2) is 0 Å². The van der Waals surface area contributed by atoms with Crippen LogP contribution in [0.3, 0.4) is 0 Å². The maximum absolute atomic E-state index is 5.67. The number of hydrogen-bond donors (Lipinski definition) is 1. The van der Waals surface area contributed by atoms with Crippen LogP contribution in [0.4, 0.5) is 5.69 Å². The molecule has 0 heterocycles. The molecule has 0 aliphatic heterocycles. The number of para-hydroxylation sites is 1. The summed E-state index contributed by atoms with van der Waals surface area (Å²) >= 11 is 0. The minimum Gasteiger partial charge on any atom is -0.489 e. The molecular formula is C18H21NO. The Morgan fingerprint density at radius 2 is 1.95 bits per heavy atom. The molecule has 0 amide bonds. The lowest BCUT2D eigenvalue weighted by Crippen LogP contribution is -2.04. The minimum absolute atomic E-state index is 0.528. The molecule has 0 aliphatic rings. The smallest absolute Gasteiger partial charge is 0.124 e. The van der Waals surface area contributed by atoms with Gasteiger partial charge in [-0.2, -0.15) is 0 Å². The summed E-state index contributed by atoms with van der Waals surface area (Å²) in [6, 6.07) is 14.5. The van der Waals surface area contributed by atoms with Gasteiger partial charge in [0, 0.05) is 17.8 Å². The van der Waals surface area contributed by atoms with E-state index in [9.17, 15) is 0 Å². The van der Waals surface area contributed by atoms with E-state index in [1.54, 1.807) is 6.08 Å². The molecule has 0 unspecified atom stereocenters. The summed E-state index contributed by atoms with van der Waals surface area (Å²) in [6.45, 7) is 9.17. The van der Waals surface area contributed by atoms with Crippen LogP contribution in [-0.2, 0) is 6.54 Å². The zero-order valence-electron chi connectivity index (χ0n) is 12.1. The molecule has 0 radical (unpaired) electrons. The molecule has 0 aliphatic carbocycles. The Labute approximate surface area is 121 Å². The molecule has 0 saturated carbocycles. The third-order valence-corrected chi connectivity index (χ3v) is 3.19. The number of anilines is 1. The highest BCUT2D eigenvalue weighted by Crippen LogP contribution is 2.21. The van der Waals surface area contributed by atoms with Crippen molar-refractivity contribution in [3.05, 3.63) is 71.8 Å². The molecule has 2 aromatic carbocycles. The standard InChI is InChI=1S/C18H21NO/c1-4-11-20-18-8-6-5-7-16(18)13-19-17-12-14(2)9-10-15(17)3/h4-10,12,19H,1,11,13H2,2-3H3. The van der Waals surface area contributed by atoms with E-state index in [2.05, 4.69) is 50.0 Å². The SMILES string of the molecule is C=CCOc1ccccc1CNc1cc(C)ccc1C. The Morgan fingerprint density at radius 1 is 1.15 bits per heavy atom. The first-order valence-corrected chi connectivity index (χ1v) is 6.83. The Kier molecular flexibility index (Phi) is 4.83. The lowest BCUT2D eigenvalue weighted by Gasteiger charge is -2.13. The first-order valence-electron chi connectivity index (χ1n) is 6.83. The van der Waals surface area contributed by atoms with Crippen LogP contribution in [0.25, 0.3) is 0 Å². The Morgan fingerprint density at radius 3 is 2.75 bits per heavy atom. The van der Waals surface area contributed by atoms with E-state index in [1.807, 2.05) is 18.2 Å². The van der Waals surface area contributed by atoms with Crippen molar-refractivity contribution in [2.75, 3.05) is 11.9 Å². The van der Waals surface area contributed by atoms with Crippen molar-refractivity contribution in [3.8, 4) is 5.75 Å². The van der Waals surface area contributed by atoms with Gasteiger partial charge in [0.1, 0.15) is 12.4 Å². The molecule has 2 nitrogen and oxygen atoms in total. The van der Waals surface area contributed by atoms with Crippen LogP contribution in [0.2, 0.25) is 0 Å². The molecule has 0 bridgehead atoms. The van der Waals surface area contributed by atoms with Crippen molar-refractivity contribution in [2.24, 2.45) is 0 Å². The summed E-state index contributed by atoms with van der Waals surface area (Å²) in [7, 11) is 0. The van der Waals surface area contributed by atoms with Gasteiger partial charge in [0.2, 0.25) is 0 Å². The summed E-state index contributed by atoms with van der Waals surface area (Å²) in [6.07, 6.45) is 1.76. The van der Waals surface area contributed by atoms with Crippen molar-refractivity contribution in [1.29, 1.82) is 0 Å². The summed E-state index contributed by atoms with van der Waals surface area (Å²) in [5, 5.41) is 3.48. The molecule has 104 valence electrons. The molecule has 0 saturated heterocycles. The molecule has 2 heteroatoms. The Balaban J connectivity index is 2.10. The summed E-state index contributed by atoms with van der Waals surface area (Å²) in [5.74, 6) is 0.908. The van der Waals surface area contributed by atoms with E-state index in [0.29, 0.717) is 6.61 Å². The highest BCUT2D eigenvalue weighted by Gasteiger charge is 2.03. The first kappa shape index (κ1) is 14.2. The molecular weight excluding hydrogens is 246 g/mol. The van der Waals surface area contributed by atoms with Crippen LogP contribution >= 0.6 is 0 Å². The van der Waals surface area contributed by atoms with Gasteiger partial charge in [0.25, 0.3) is 0 Å². The van der Waals surface area contributed by atoms with Crippen LogP contribution in [0.1, 0.15) is 16.7 Å². The third-order valence-electron chi connectivity index (χ3n) is 3.19. The van der Waals surface area contributed by atoms with Crippen LogP contribution in [-0.4, -0.2) is 6.61 Å². The second-order valence-electron chi connectivity index (χ2n) is 4.88. The zero-order valence-corrected chi connectivity index (χ0v) is 12.1. The van der Waals surface area contributed by atoms with Crippen molar-refractivity contribution in [1.82, 2.24) is 0 Å². The monoisotopic (exact) mass is 267 g/mol. The first-order chi connectivity index (χ1) is 9.70. The van der Waals surface area contributed by atoms with Crippen LogP contribution in [0.15, 0.2) is 55.1 Å². The highest BCUT2D eigenvalue weighted by atomic mass is 16.5. The fourth-order valence-corrected chi connectivity index (χ4v) is 2.06. The molecule has 0 atom stereocenters. The van der Waals surface area contributed by atoms with Gasteiger partial charge in [-0.15, -0.1) is 0 Å². The number of rotatable bonds is 6. The van der Waals surface area contributed by atoms with Crippen molar-refractivity contribution in [2.45, 2.75) is 20.4 Å². The van der Waals surface area contributed by atoms with Gasteiger partial charge in [-0.05, 0) is 37.1 Å². The Hall–Kier alpha value is -2.22. The topological polar surface area (TPSA) is 21.3 Å². The molecule has 0 fully saturated rings. The quantitative estimate of drug-likeness (QED) is 0.779.